The lowest BCUT2D eigenvalue weighted by molar-refractivity contribution is 0.980. The maximum absolute atomic E-state index is 3.72. The molecule has 0 saturated heterocycles. The van der Waals surface area contributed by atoms with E-state index in [0.29, 0.717) is 0 Å². The number of nitrogens with zero attached hydrogens (tertiary/aromatic N) is 1. The first-order chi connectivity index (χ1) is 6.50. The highest BCUT2D eigenvalue weighted by atomic mass is 35.5. The second-order valence-corrected chi connectivity index (χ2v) is 2.31. The highest BCUT2D eigenvalue weighted by molar-refractivity contribution is 5.85. The molecule has 0 bridgehead atoms. The molecular weight excluding hydrogens is 196 g/mol. The number of allylic oxidation sites excluding steroid dienone is 3. The summed E-state index contributed by atoms with van der Waals surface area (Å²) in [4.78, 5) is 0. The molecule has 0 fully saturated rings. The van der Waals surface area contributed by atoms with Gasteiger partial charge in [0.15, 0.2) is 0 Å². The van der Waals surface area contributed by atoms with Gasteiger partial charge >= 0.3 is 0 Å². The number of benzene rings is 1. The summed E-state index contributed by atoms with van der Waals surface area (Å²) in [5.41, 5.74) is 2.67. The molecule has 2 rings (SSSR count). The van der Waals surface area contributed by atoms with E-state index < -0.39 is 0 Å². The van der Waals surface area contributed by atoms with E-state index in [1.54, 1.807) is 12.4 Å². The minimum absolute atomic E-state index is 0. The molecule has 0 unspecified atom stereocenters. The monoisotopic (exact) mass is 208 g/mol. The second kappa shape index (κ2) is 9.55. The van der Waals surface area contributed by atoms with Crippen molar-refractivity contribution in [3.8, 4) is 0 Å². The van der Waals surface area contributed by atoms with Crippen LogP contribution in [0.4, 0.5) is 0 Å². The minimum atomic E-state index is 0. The summed E-state index contributed by atoms with van der Waals surface area (Å²) in [6, 6.07) is 12.0. The Morgan fingerprint density at radius 2 is 1.29 bits per heavy atom. The molecule has 0 spiro atoms. The van der Waals surface area contributed by atoms with Crippen LogP contribution < -0.4 is 5.43 Å². The summed E-state index contributed by atoms with van der Waals surface area (Å²) in [6.07, 6.45) is 9.10. The number of rotatable bonds is 0. The second-order valence-electron chi connectivity index (χ2n) is 2.31. The molecular formula is C11H13ClN2. The molecule has 1 N–H and O–H groups in total. The van der Waals surface area contributed by atoms with Crippen LogP contribution in [0.3, 0.4) is 0 Å². The number of hydrogen-bond acceptors (Lipinski definition) is 2. The van der Waals surface area contributed by atoms with Crippen LogP contribution in [0.25, 0.3) is 0 Å². The minimum Gasteiger partial charge on any atom is -0.286 e. The number of nitrogens with one attached hydrogen (secondary N) is 1. The van der Waals surface area contributed by atoms with E-state index in [-0.39, 0.29) is 12.4 Å². The average Bonchev–Trinajstić information content (AvgIpc) is 2.53. The molecule has 0 aromatic heterocycles. The normalized spacial score (nSPS) is 11.4. The maximum atomic E-state index is 3.72. The maximum Gasteiger partial charge on any atom is 0.0472 e. The predicted molar refractivity (Wildman–Crippen MR) is 63.6 cm³/mol. The van der Waals surface area contributed by atoms with Crippen molar-refractivity contribution in [2.24, 2.45) is 5.10 Å². The van der Waals surface area contributed by atoms with Crippen LogP contribution in [0.15, 0.2) is 65.9 Å². The van der Waals surface area contributed by atoms with Crippen LogP contribution in [0, 0.1) is 0 Å². The molecule has 1 aliphatic heterocycles. The van der Waals surface area contributed by atoms with Crippen molar-refractivity contribution in [3.05, 3.63) is 60.8 Å². The fraction of sp³-hybridized carbons (Fsp3) is 0. The SMILES string of the molecule is C1=CC=NNC=C1.Cl.c1ccccc1. The Morgan fingerprint density at radius 1 is 0.714 bits per heavy atom. The van der Waals surface area contributed by atoms with E-state index in [0.717, 1.165) is 0 Å². The third-order valence-electron chi connectivity index (χ3n) is 1.29. The fourth-order valence-electron chi connectivity index (χ4n) is 0.726. The molecule has 74 valence electrons. The first-order valence-electron chi connectivity index (χ1n) is 4.10. The lowest BCUT2D eigenvalue weighted by atomic mass is 10.4. The highest BCUT2D eigenvalue weighted by Gasteiger charge is 1.68. The molecule has 1 aromatic carbocycles. The largest absolute Gasteiger partial charge is 0.286 e. The van der Waals surface area contributed by atoms with Gasteiger partial charge in [-0.2, -0.15) is 5.10 Å². The fourth-order valence-corrected chi connectivity index (χ4v) is 0.726. The summed E-state index contributed by atoms with van der Waals surface area (Å²) in [7, 11) is 0. The number of hydrogen-bond donors (Lipinski definition) is 1. The molecule has 0 aliphatic carbocycles. The molecule has 0 amide bonds. The van der Waals surface area contributed by atoms with Gasteiger partial charge in [-0.05, 0) is 12.2 Å². The zero-order valence-corrected chi connectivity index (χ0v) is 8.52. The lowest BCUT2D eigenvalue weighted by Crippen LogP contribution is -1.89. The first-order valence-corrected chi connectivity index (χ1v) is 4.10. The van der Waals surface area contributed by atoms with E-state index in [1.807, 2.05) is 54.6 Å². The summed E-state index contributed by atoms with van der Waals surface area (Å²) in [5.74, 6) is 0. The molecule has 1 aromatic rings. The van der Waals surface area contributed by atoms with Crippen molar-refractivity contribution in [1.82, 2.24) is 5.43 Å². The van der Waals surface area contributed by atoms with Crippen molar-refractivity contribution in [3.63, 3.8) is 0 Å². The van der Waals surface area contributed by atoms with E-state index in [2.05, 4.69) is 10.5 Å². The average molecular weight is 209 g/mol. The van der Waals surface area contributed by atoms with Gasteiger partial charge in [0, 0.05) is 12.4 Å². The van der Waals surface area contributed by atoms with E-state index in [1.165, 1.54) is 0 Å². The third-order valence-corrected chi connectivity index (χ3v) is 1.29. The molecule has 3 heteroatoms. The molecule has 14 heavy (non-hydrogen) atoms. The van der Waals surface area contributed by atoms with Gasteiger partial charge in [0.05, 0.1) is 0 Å². The van der Waals surface area contributed by atoms with Crippen LogP contribution in [0.1, 0.15) is 0 Å². The number of halogens is 1. The third kappa shape index (κ3) is 7.13. The number of hydrazone groups is 1. The summed E-state index contributed by atoms with van der Waals surface area (Å²) < 4.78 is 0. The summed E-state index contributed by atoms with van der Waals surface area (Å²) in [5, 5.41) is 3.72. The summed E-state index contributed by atoms with van der Waals surface area (Å²) >= 11 is 0. The molecule has 1 aliphatic rings. The molecule has 0 atom stereocenters. The van der Waals surface area contributed by atoms with Crippen LogP contribution in [-0.2, 0) is 0 Å². The Bertz CT molecular complexity index is 251. The van der Waals surface area contributed by atoms with Gasteiger partial charge in [-0.25, -0.2) is 0 Å². The van der Waals surface area contributed by atoms with Crippen molar-refractivity contribution in [2.45, 2.75) is 0 Å². The van der Waals surface area contributed by atoms with Gasteiger partial charge in [0.25, 0.3) is 0 Å². The van der Waals surface area contributed by atoms with Crippen molar-refractivity contribution >= 4 is 18.6 Å². The Kier molecular flexibility index (Phi) is 8.50. The smallest absolute Gasteiger partial charge is 0.0472 e. The lowest BCUT2D eigenvalue weighted by Gasteiger charge is -1.78. The van der Waals surface area contributed by atoms with Gasteiger partial charge < -0.3 is 0 Å². The van der Waals surface area contributed by atoms with Crippen LogP contribution in [0.2, 0.25) is 0 Å². The van der Waals surface area contributed by atoms with E-state index in [9.17, 15) is 0 Å². The van der Waals surface area contributed by atoms with Crippen molar-refractivity contribution in [2.75, 3.05) is 0 Å². The predicted octanol–water partition coefficient (Wildman–Crippen LogP) is 2.75. The standard InChI is InChI=1S/C6H6.C5H6N2.ClH/c1-2-4-6-5-3-1;1-2-4-6-7-5-3-1;/h1-6H;1-6H;1H. The van der Waals surface area contributed by atoms with Gasteiger partial charge in [-0.3, -0.25) is 5.43 Å². The Labute approximate surface area is 90.4 Å². The molecule has 2 nitrogen and oxygen atoms in total. The van der Waals surface area contributed by atoms with Crippen molar-refractivity contribution < 1.29 is 0 Å². The van der Waals surface area contributed by atoms with Gasteiger partial charge in [-0.15, -0.1) is 12.4 Å². The highest BCUT2D eigenvalue weighted by Crippen LogP contribution is 1.80. The Morgan fingerprint density at radius 3 is 1.86 bits per heavy atom. The van der Waals surface area contributed by atoms with Crippen LogP contribution >= 0.6 is 12.4 Å². The van der Waals surface area contributed by atoms with Crippen LogP contribution in [0.5, 0.6) is 0 Å². The molecule has 1 heterocycles. The first kappa shape index (κ1) is 12.5. The van der Waals surface area contributed by atoms with E-state index >= 15 is 0 Å². The van der Waals surface area contributed by atoms with Crippen molar-refractivity contribution in [1.29, 1.82) is 0 Å². The van der Waals surface area contributed by atoms with Gasteiger partial charge in [-0.1, -0.05) is 42.5 Å². The zero-order chi connectivity index (χ0) is 9.19. The Hall–Kier alpha value is -1.54. The van der Waals surface area contributed by atoms with Gasteiger partial charge in [0.1, 0.15) is 0 Å². The zero-order valence-electron chi connectivity index (χ0n) is 7.71. The Balaban J connectivity index is 0.000000227. The van der Waals surface area contributed by atoms with Gasteiger partial charge in [0.2, 0.25) is 0 Å². The molecule has 0 saturated carbocycles. The topological polar surface area (TPSA) is 24.4 Å². The van der Waals surface area contributed by atoms with E-state index in [4.69, 9.17) is 0 Å². The summed E-state index contributed by atoms with van der Waals surface area (Å²) in [6.45, 7) is 0. The molecule has 0 radical (unpaired) electrons. The van der Waals surface area contributed by atoms with Crippen LogP contribution in [-0.4, -0.2) is 6.21 Å². The quantitative estimate of drug-likeness (QED) is 0.697.